The molecule has 0 aliphatic rings. The molecule has 0 aliphatic carbocycles. The topological polar surface area (TPSA) is 79.7 Å². The first-order valence-electron chi connectivity index (χ1n) is 4.38. The predicted octanol–water partition coefficient (Wildman–Crippen LogP) is 0.700. The first-order valence-corrected chi connectivity index (χ1v) is 4.38. The van der Waals surface area contributed by atoms with E-state index in [0.29, 0.717) is 0 Å². The molecule has 1 aromatic rings. The van der Waals surface area contributed by atoms with Crippen molar-refractivity contribution in [3.8, 4) is 0 Å². The standard InChI is InChI=1S/C9H15N5/c1-2-14(7-12-10)9-5-3-8(13-11)4-6-9/h3-7,13H,2,10-11H2,1H3/b12-7-. The summed E-state index contributed by atoms with van der Waals surface area (Å²) in [4.78, 5) is 1.93. The highest BCUT2D eigenvalue weighted by Gasteiger charge is 1.99. The molecule has 76 valence electrons. The number of nitrogens with one attached hydrogen (secondary N) is 1. The molecule has 5 nitrogen and oxygen atoms in total. The normalized spacial score (nSPS) is 10.4. The Morgan fingerprint density at radius 3 is 2.50 bits per heavy atom. The van der Waals surface area contributed by atoms with Crippen molar-refractivity contribution in [1.29, 1.82) is 0 Å². The van der Waals surface area contributed by atoms with E-state index in [4.69, 9.17) is 11.7 Å². The lowest BCUT2D eigenvalue weighted by atomic mass is 10.2. The van der Waals surface area contributed by atoms with Gasteiger partial charge in [0, 0.05) is 17.9 Å². The summed E-state index contributed by atoms with van der Waals surface area (Å²) in [5.41, 5.74) is 4.46. The van der Waals surface area contributed by atoms with E-state index in [1.54, 1.807) is 6.34 Å². The molecular formula is C9H15N5. The molecule has 0 radical (unpaired) electrons. The highest BCUT2D eigenvalue weighted by Crippen LogP contribution is 2.15. The van der Waals surface area contributed by atoms with E-state index >= 15 is 0 Å². The van der Waals surface area contributed by atoms with Crippen LogP contribution in [0.2, 0.25) is 0 Å². The van der Waals surface area contributed by atoms with Crippen molar-refractivity contribution in [2.24, 2.45) is 16.8 Å². The maximum absolute atomic E-state index is 5.26. The SMILES string of the molecule is CCN(/C=N\N)c1ccc(NN)cc1. The van der Waals surface area contributed by atoms with Crippen LogP contribution < -0.4 is 22.0 Å². The Hall–Kier alpha value is -1.75. The molecule has 0 saturated heterocycles. The van der Waals surface area contributed by atoms with Crippen LogP contribution in [0.1, 0.15) is 6.92 Å². The zero-order valence-electron chi connectivity index (χ0n) is 8.14. The van der Waals surface area contributed by atoms with Gasteiger partial charge in [0.2, 0.25) is 0 Å². The van der Waals surface area contributed by atoms with Crippen molar-refractivity contribution in [2.75, 3.05) is 16.9 Å². The van der Waals surface area contributed by atoms with Gasteiger partial charge < -0.3 is 16.2 Å². The van der Waals surface area contributed by atoms with Gasteiger partial charge in [-0.3, -0.25) is 5.84 Å². The second kappa shape index (κ2) is 5.08. The number of rotatable bonds is 4. The molecule has 0 amide bonds. The average molecular weight is 193 g/mol. The first kappa shape index (κ1) is 10.3. The summed E-state index contributed by atoms with van der Waals surface area (Å²) in [6, 6.07) is 7.67. The van der Waals surface area contributed by atoms with Crippen molar-refractivity contribution < 1.29 is 0 Å². The summed E-state index contributed by atoms with van der Waals surface area (Å²) in [6.07, 6.45) is 1.59. The van der Waals surface area contributed by atoms with Crippen molar-refractivity contribution >= 4 is 17.7 Å². The van der Waals surface area contributed by atoms with Gasteiger partial charge in [0.1, 0.15) is 6.34 Å². The molecule has 0 fully saturated rings. The Morgan fingerprint density at radius 1 is 1.43 bits per heavy atom. The zero-order valence-corrected chi connectivity index (χ0v) is 8.14. The summed E-state index contributed by atoms with van der Waals surface area (Å²) in [7, 11) is 0. The number of hydrazone groups is 1. The molecular weight excluding hydrogens is 178 g/mol. The summed E-state index contributed by atoms with van der Waals surface area (Å²) < 4.78 is 0. The van der Waals surface area contributed by atoms with Crippen LogP contribution in [0.4, 0.5) is 11.4 Å². The fourth-order valence-corrected chi connectivity index (χ4v) is 1.16. The lowest BCUT2D eigenvalue weighted by Gasteiger charge is -2.16. The Labute approximate surface area is 83.4 Å². The van der Waals surface area contributed by atoms with Gasteiger partial charge in [0.15, 0.2) is 0 Å². The Kier molecular flexibility index (Phi) is 3.75. The summed E-state index contributed by atoms with van der Waals surface area (Å²) in [5, 5.41) is 3.49. The maximum atomic E-state index is 5.26. The number of hydrazine groups is 1. The van der Waals surface area contributed by atoms with Crippen LogP contribution in [-0.2, 0) is 0 Å². The van der Waals surface area contributed by atoms with Crippen molar-refractivity contribution in [2.45, 2.75) is 6.92 Å². The first-order chi connectivity index (χ1) is 6.81. The number of anilines is 2. The molecule has 0 aliphatic heterocycles. The van der Waals surface area contributed by atoms with Gasteiger partial charge in [0.05, 0.1) is 0 Å². The minimum Gasteiger partial charge on any atom is -0.331 e. The number of hydrogen-bond donors (Lipinski definition) is 3. The van der Waals surface area contributed by atoms with Crippen molar-refractivity contribution in [3.63, 3.8) is 0 Å². The molecule has 0 aromatic heterocycles. The predicted molar refractivity (Wildman–Crippen MR) is 60.0 cm³/mol. The van der Waals surface area contributed by atoms with E-state index in [1.807, 2.05) is 36.1 Å². The fourth-order valence-electron chi connectivity index (χ4n) is 1.16. The molecule has 0 spiro atoms. The van der Waals surface area contributed by atoms with Gasteiger partial charge in [0.25, 0.3) is 0 Å². The molecule has 5 heteroatoms. The molecule has 0 saturated carbocycles. The Balaban J connectivity index is 2.83. The third kappa shape index (κ3) is 2.37. The van der Waals surface area contributed by atoms with Crippen molar-refractivity contribution in [3.05, 3.63) is 24.3 Å². The largest absolute Gasteiger partial charge is 0.331 e. The highest BCUT2D eigenvalue weighted by atomic mass is 15.2. The van der Waals surface area contributed by atoms with Crippen LogP contribution >= 0.6 is 0 Å². The number of nitrogen functional groups attached to an aromatic ring is 1. The van der Waals surface area contributed by atoms with E-state index in [9.17, 15) is 0 Å². The molecule has 0 heterocycles. The second-order valence-electron chi connectivity index (χ2n) is 2.74. The van der Waals surface area contributed by atoms with E-state index < -0.39 is 0 Å². The number of hydrogen-bond acceptors (Lipinski definition) is 4. The van der Waals surface area contributed by atoms with Gasteiger partial charge in [-0.05, 0) is 31.2 Å². The van der Waals surface area contributed by atoms with Gasteiger partial charge >= 0.3 is 0 Å². The lowest BCUT2D eigenvalue weighted by Crippen LogP contribution is -2.21. The van der Waals surface area contributed by atoms with Crippen LogP contribution in [0.15, 0.2) is 29.4 Å². The van der Waals surface area contributed by atoms with Gasteiger partial charge in [-0.2, -0.15) is 5.10 Å². The highest BCUT2D eigenvalue weighted by molar-refractivity contribution is 5.79. The number of nitrogens with zero attached hydrogens (tertiary/aromatic N) is 2. The third-order valence-electron chi connectivity index (χ3n) is 1.91. The third-order valence-corrected chi connectivity index (χ3v) is 1.91. The monoisotopic (exact) mass is 193 g/mol. The molecule has 0 unspecified atom stereocenters. The molecule has 0 bridgehead atoms. The van der Waals surface area contributed by atoms with Crippen LogP contribution in [0.25, 0.3) is 0 Å². The smallest absolute Gasteiger partial charge is 0.115 e. The van der Waals surface area contributed by atoms with E-state index in [-0.39, 0.29) is 0 Å². The van der Waals surface area contributed by atoms with E-state index in [1.165, 1.54) is 0 Å². The fraction of sp³-hybridized carbons (Fsp3) is 0.222. The van der Waals surface area contributed by atoms with Gasteiger partial charge in [-0.1, -0.05) is 0 Å². The molecule has 1 rings (SSSR count). The molecule has 14 heavy (non-hydrogen) atoms. The van der Waals surface area contributed by atoms with Crippen LogP contribution in [-0.4, -0.2) is 12.9 Å². The number of nitrogens with two attached hydrogens (primary N) is 2. The molecule has 0 atom stereocenters. The summed E-state index contributed by atoms with van der Waals surface area (Å²) >= 11 is 0. The van der Waals surface area contributed by atoms with Crippen LogP contribution in [0.5, 0.6) is 0 Å². The quantitative estimate of drug-likeness (QED) is 0.284. The Bertz CT molecular complexity index is 293. The maximum Gasteiger partial charge on any atom is 0.115 e. The van der Waals surface area contributed by atoms with Crippen LogP contribution in [0, 0.1) is 0 Å². The van der Waals surface area contributed by atoms with E-state index in [0.717, 1.165) is 17.9 Å². The average Bonchev–Trinajstić information content (AvgIpc) is 2.26. The summed E-state index contributed by atoms with van der Waals surface area (Å²) in [6.45, 7) is 2.84. The molecule has 1 aromatic carbocycles. The summed E-state index contributed by atoms with van der Waals surface area (Å²) in [5.74, 6) is 10.4. The van der Waals surface area contributed by atoms with Gasteiger partial charge in [-0.15, -0.1) is 0 Å². The lowest BCUT2D eigenvalue weighted by molar-refractivity contribution is 1.06. The minimum absolute atomic E-state index is 0.816. The molecule has 5 N–H and O–H groups in total. The second-order valence-corrected chi connectivity index (χ2v) is 2.74. The minimum atomic E-state index is 0.816. The zero-order chi connectivity index (χ0) is 10.4. The number of benzene rings is 1. The van der Waals surface area contributed by atoms with Crippen molar-refractivity contribution in [1.82, 2.24) is 0 Å². The van der Waals surface area contributed by atoms with Gasteiger partial charge in [-0.25, -0.2) is 0 Å². The Morgan fingerprint density at radius 2 is 2.07 bits per heavy atom. The van der Waals surface area contributed by atoms with E-state index in [2.05, 4.69) is 10.5 Å². The van der Waals surface area contributed by atoms with Crippen LogP contribution in [0.3, 0.4) is 0 Å².